The normalized spacial score (nSPS) is 19.4. The maximum absolute atomic E-state index is 13.5. The van der Waals surface area contributed by atoms with Gasteiger partial charge in [-0.05, 0) is 73.9 Å². The molecule has 1 aliphatic rings. The lowest BCUT2D eigenvalue weighted by Gasteiger charge is -2.50. The van der Waals surface area contributed by atoms with E-state index in [2.05, 4.69) is 29.0 Å². The summed E-state index contributed by atoms with van der Waals surface area (Å²) in [7, 11) is 0. The van der Waals surface area contributed by atoms with Crippen molar-refractivity contribution >= 4 is 12.1 Å². The molecule has 1 saturated heterocycles. The number of rotatable bonds is 21. The minimum Gasteiger partial charge on any atom is -0.459 e. The Morgan fingerprint density at radius 2 is 1.12 bits per heavy atom. The zero-order valence-electron chi connectivity index (χ0n) is 39.0. The molecule has 0 saturated carbocycles. The number of alkyl carbamates (subject to hydrolysis) is 1. The number of hydrogen-bond acceptors (Lipinski definition) is 10. The molecule has 11 nitrogen and oxygen atoms in total. The third kappa shape index (κ3) is 15.7. The third-order valence-corrected chi connectivity index (χ3v) is 10.6. The molecular weight excluding hydrogens is 847 g/mol. The van der Waals surface area contributed by atoms with E-state index in [1.807, 2.05) is 146 Å². The summed E-state index contributed by atoms with van der Waals surface area (Å²) in [5, 5.41) is 2.61. The highest BCUT2D eigenvalue weighted by atomic mass is 16.7. The zero-order valence-corrected chi connectivity index (χ0v) is 39.0. The lowest BCUT2D eigenvalue weighted by atomic mass is 9.91. The van der Waals surface area contributed by atoms with Crippen molar-refractivity contribution in [1.29, 1.82) is 0 Å². The van der Waals surface area contributed by atoms with Crippen molar-refractivity contribution in [3.63, 3.8) is 0 Å². The fraction of sp³-hybridized carbons (Fsp3) is 0.357. The van der Waals surface area contributed by atoms with Gasteiger partial charge >= 0.3 is 12.1 Å². The van der Waals surface area contributed by atoms with Gasteiger partial charge < -0.3 is 43.2 Å². The topological polar surface area (TPSA) is 120 Å². The van der Waals surface area contributed by atoms with E-state index in [0.717, 1.165) is 22.3 Å². The van der Waals surface area contributed by atoms with Crippen molar-refractivity contribution in [2.45, 2.75) is 123 Å². The van der Waals surface area contributed by atoms with Crippen LogP contribution in [0.5, 0.6) is 0 Å². The molecule has 5 aromatic carbocycles. The van der Waals surface area contributed by atoms with Gasteiger partial charge in [-0.2, -0.15) is 0 Å². The smallest absolute Gasteiger partial charge is 0.408 e. The standard InChI is InChI=1S/C56H61NO10/c1-6-8-33-48(57-54(59)67-55(3,4)5)53(58)64-39-46-31-21-22-32-47(46)40-65-56(34-7-2)52(63-38-45-29-19-12-20-30-45)51(62-37-44-27-17-11-18-28-44)50(61-36-43-25-15-10-16-26-43)49(66-56)41-60-35-42-23-13-9-14-24-42/h9-32,48-52H,33,35-41H2,1-5H3,(H,57,59)/t48-,49?,50-,51?,52?,56+/m1/s1. The van der Waals surface area contributed by atoms with E-state index in [1.165, 1.54) is 0 Å². The van der Waals surface area contributed by atoms with E-state index in [-0.39, 0.29) is 46.1 Å². The van der Waals surface area contributed by atoms with Gasteiger partial charge in [0.2, 0.25) is 0 Å². The van der Waals surface area contributed by atoms with Gasteiger partial charge in [0.25, 0.3) is 5.79 Å². The van der Waals surface area contributed by atoms with Crippen LogP contribution in [0.25, 0.3) is 0 Å². The quantitative estimate of drug-likeness (QED) is 0.0563. The summed E-state index contributed by atoms with van der Waals surface area (Å²) < 4.78 is 52.6. The highest BCUT2D eigenvalue weighted by Gasteiger charge is 2.58. The van der Waals surface area contributed by atoms with Crippen LogP contribution in [-0.4, -0.2) is 60.5 Å². The van der Waals surface area contributed by atoms with Crippen molar-refractivity contribution in [3.05, 3.63) is 179 Å². The molecule has 11 heteroatoms. The molecule has 0 spiro atoms. The molecule has 6 rings (SSSR count). The first-order chi connectivity index (χ1) is 32.6. The Hall–Kier alpha value is -6.28. The van der Waals surface area contributed by atoms with Crippen molar-refractivity contribution < 1.29 is 47.5 Å². The molecule has 1 aliphatic heterocycles. The lowest BCUT2D eigenvalue weighted by molar-refractivity contribution is -0.362. The number of carbonyl (C=O) groups excluding carboxylic acids is 2. The van der Waals surface area contributed by atoms with Crippen molar-refractivity contribution in [3.8, 4) is 23.7 Å². The van der Waals surface area contributed by atoms with Crippen LogP contribution in [0.1, 0.15) is 74.4 Å². The Labute approximate surface area is 395 Å². The Kier molecular flexibility index (Phi) is 19.1. The molecule has 5 aromatic rings. The first-order valence-electron chi connectivity index (χ1n) is 22.5. The summed E-state index contributed by atoms with van der Waals surface area (Å²) >= 11 is 0. The molecule has 1 fully saturated rings. The summed E-state index contributed by atoms with van der Waals surface area (Å²) in [4.78, 5) is 26.2. The van der Waals surface area contributed by atoms with E-state index in [1.54, 1.807) is 34.6 Å². The van der Waals surface area contributed by atoms with Gasteiger partial charge in [-0.3, -0.25) is 0 Å². The predicted molar refractivity (Wildman–Crippen MR) is 254 cm³/mol. The fourth-order valence-corrected chi connectivity index (χ4v) is 7.39. The van der Waals surface area contributed by atoms with Crippen LogP contribution in [0.3, 0.4) is 0 Å². The van der Waals surface area contributed by atoms with Gasteiger partial charge in [0, 0.05) is 6.42 Å². The Bertz CT molecular complexity index is 2400. The van der Waals surface area contributed by atoms with Crippen molar-refractivity contribution in [1.82, 2.24) is 5.32 Å². The average Bonchev–Trinajstić information content (AvgIpc) is 3.33. The second-order valence-electron chi connectivity index (χ2n) is 16.9. The van der Waals surface area contributed by atoms with E-state index in [0.29, 0.717) is 17.7 Å². The molecule has 1 amide bonds. The van der Waals surface area contributed by atoms with Gasteiger partial charge in [-0.25, -0.2) is 9.59 Å². The van der Waals surface area contributed by atoms with E-state index in [4.69, 9.17) is 37.9 Å². The number of esters is 1. The molecule has 0 radical (unpaired) electrons. The maximum Gasteiger partial charge on any atom is 0.408 e. The van der Waals surface area contributed by atoms with Gasteiger partial charge in [0.1, 0.15) is 36.6 Å². The van der Waals surface area contributed by atoms with E-state index >= 15 is 0 Å². The zero-order chi connectivity index (χ0) is 47.3. The summed E-state index contributed by atoms with van der Waals surface area (Å²) in [6.45, 7) is 9.56. The Morgan fingerprint density at radius 1 is 0.627 bits per heavy atom. The Balaban J connectivity index is 1.34. The van der Waals surface area contributed by atoms with E-state index < -0.39 is 53.9 Å². The largest absolute Gasteiger partial charge is 0.459 e. The molecular formula is C56H61NO10. The molecule has 0 aromatic heterocycles. The molecule has 3 unspecified atom stereocenters. The van der Waals surface area contributed by atoms with Gasteiger partial charge in [0.15, 0.2) is 6.10 Å². The number of carbonyl (C=O) groups is 2. The van der Waals surface area contributed by atoms with Crippen LogP contribution in [0.4, 0.5) is 4.79 Å². The summed E-state index contributed by atoms with van der Waals surface area (Å²) in [5.74, 6) is 9.61. The number of amides is 1. The van der Waals surface area contributed by atoms with Gasteiger partial charge in [-0.15, -0.1) is 17.8 Å². The summed E-state index contributed by atoms with van der Waals surface area (Å²) in [6, 6.07) is 46.0. The van der Waals surface area contributed by atoms with Crippen LogP contribution in [0.2, 0.25) is 0 Å². The predicted octanol–water partition coefficient (Wildman–Crippen LogP) is 9.64. The highest BCUT2D eigenvalue weighted by Crippen LogP contribution is 2.39. The molecule has 0 aliphatic carbocycles. The number of benzene rings is 5. The van der Waals surface area contributed by atoms with E-state index in [9.17, 15) is 9.59 Å². The maximum atomic E-state index is 13.5. The second kappa shape index (κ2) is 25.6. The van der Waals surface area contributed by atoms with Gasteiger partial charge in [-0.1, -0.05) is 146 Å². The third-order valence-electron chi connectivity index (χ3n) is 10.6. The monoisotopic (exact) mass is 907 g/mol. The highest BCUT2D eigenvalue weighted by molar-refractivity contribution is 5.81. The minimum atomic E-state index is -1.73. The first-order valence-corrected chi connectivity index (χ1v) is 22.5. The van der Waals surface area contributed by atoms with Crippen LogP contribution in [0.15, 0.2) is 146 Å². The van der Waals surface area contributed by atoms with Crippen molar-refractivity contribution in [2.24, 2.45) is 0 Å². The fourth-order valence-electron chi connectivity index (χ4n) is 7.39. The number of nitrogens with one attached hydrogen (secondary N) is 1. The van der Waals surface area contributed by atoms with Crippen LogP contribution < -0.4 is 5.32 Å². The molecule has 67 heavy (non-hydrogen) atoms. The Morgan fingerprint density at radius 3 is 1.64 bits per heavy atom. The SMILES string of the molecule is CC#CC[C@@H](NC(=O)OC(C)(C)C)C(=O)OCc1ccccc1CO[C@@]1(C#CC)OC(COCc2ccccc2)[C@@H](OCc2ccccc2)C(OCc2ccccc2)C1OCc1ccccc1. The van der Waals surface area contributed by atoms with Crippen LogP contribution in [0, 0.1) is 23.7 Å². The van der Waals surface area contributed by atoms with Gasteiger partial charge in [0.05, 0.1) is 39.6 Å². The first kappa shape index (κ1) is 50.1. The molecule has 1 N–H and O–H groups in total. The second-order valence-corrected chi connectivity index (χ2v) is 16.9. The van der Waals surface area contributed by atoms with Crippen molar-refractivity contribution in [2.75, 3.05) is 6.61 Å². The number of hydrogen-bond donors (Lipinski definition) is 1. The van der Waals surface area contributed by atoms with Crippen LogP contribution in [-0.2, 0) is 82.3 Å². The molecule has 6 atom stereocenters. The lowest BCUT2D eigenvalue weighted by Crippen LogP contribution is -2.67. The summed E-state index contributed by atoms with van der Waals surface area (Å²) in [6.07, 6.45) is -3.96. The molecule has 1 heterocycles. The number of ether oxygens (including phenoxy) is 8. The minimum absolute atomic E-state index is 0.0347. The molecule has 0 bridgehead atoms. The van der Waals surface area contributed by atoms with Crippen LogP contribution >= 0.6 is 0 Å². The summed E-state index contributed by atoms with van der Waals surface area (Å²) in [5.41, 5.74) is 4.45. The molecule has 350 valence electrons. The average molecular weight is 908 g/mol.